The maximum Gasteiger partial charge on any atom is 0.255 e. The zero-order valence-electron chi connectivity index (χ0n) is 7.92. The molecule has 1 atom stereocenters. The molecule has 0 aliphatic heterocycles. The zero-order chi connectivity index (χ0) is 10.4. The van der Waals surface area contributed by atoms with Crippen LogP contribution in [0.3, 0.4) is 0 Å². The number of carbonyl (C=O) groups excluding carboxylic acids is 2. The first-order valence-corrected chi connectivity index (χ1v) is 3.95. The van der Waals surface area contributed by atoms with Crippen LogP contribution in [0.1, 0.15) is 20.8 Å². The van der Waals surface area contributed by atoms with Gasteiger partial charge in [0.25, 0.3) is 5.91 Å². The van der Waals surface area contributed by atoms with Crippen LogP contribution >= 0.6 is 0 Å². The molecule has 0 aromatic rings. The summed E-state index contributed by atoms with van der Waals surface area (Å²) in [5.74, 6) is -0.809. The second-order valence-corrected chi connectivity index (χ2v) is 3.02. The molecule has 0 saturated carbocycles. The first-order valence-electron chi connectivity index (χ1n) is 3.95. The summed E-state index contributed by atoms with van der Waals surface area (Å²) in [6, 6.07) is -0.642. The van der Waals surface area contributed by atoms with Crippen molar-refractivity contribution < 1.29 is 9.59 Å². The van der Waals surface area contributed by atoms with Crippen molar-refractivity contribution in [2.24, 2.45) is 5.92 Å². The van der Waals surface area contributed by atoms with Gasteiger partial charge in [-0.05, 0) is 5.92 Å². The van der Waals surface area contributed by atoms with E-state index in [1.807, 2.05) is 5.32 Å². The molecule has 0 radical (unpaired) electrons. The fourth-order valence-corrected chi connectivity index (χ4v) is 0.887. The van der Waals surface area contributed by atoms with Crippen molar-refractivity contribution in [3.05, 3.63) is 0 Å². The van der Waals surface area contributed by atoms with E-state index in [4.69, 9.17) is 5.26 Å². The number of rotatable bonds is 3. The van der Waals surface area contributed by atoms with Gasteiger partial charge in [0.05, 0.1) is 0 Å². The Hall–Kier alpha value is -1.57. The first-order chi connectivity index (χ1) is 5.99. The van der Waals surface area contributed by atoms with Gasteiger partial charge in [0.1, 0.15) is 6.04 Å². The van der Waals surface area contributed by atoms with Crippen LogP contribution in [0.4, 0.5) is 0 Å². The lowest BCUT2D eigenvalue weighted by molar-refractivity contribution is -0.128. The second kappa shape index (κ2) is 5.14. The third-order valence-corrected chi connectivity index (χ3v) is 1.49. The molecule has 5 heteroatoms. The number of nitrogens with one attached hydrogen (secondary N) is 2. The molecule has 1 unspecified atom stereocenters. The molecule has 0 aromatic carbocycles. The van der Waals surface area contributed by atoms with Crippen LogP contribution in [0, 0.1) is 17.4 Å². The average Bonchev–Trinajstić information content (AvgIpc) is 1.99. The fourth-order valence-electron chi connectivity index (χ4n) is 0.887. The highest BCUT2D eigenvalue weighted by molar-refractivity contribution is 5.87. The van der Waals surface area contributed by atoms with Crippen LogP contribution in [0.25, 0.3) is 0 Å². The van der Waals surface area contributed by atoms with Crippen molar-refractivity contribution in [1.29, 1.82) is 5.26 Å². The summed E-state index contributed by atoms with van der Waals surface area (Å²) in [6.45, 7) is 4.91. The molecular weight excluding hydrogens is 170 g/mol. The highest BCUT2D eigenvalue weighted by Crippen LogP contribution is 2.01. The molecule has 0 fully saturated rings. The molecule has 0 saturated heterocycles. The van der Waals surface area contributed by atoms with Gasteiger partial charge in [-0.3, -0.25) is 14.9 Å². The van der Waals surface area contributed by atoms with Crippen LogP contribution in [0.2, 0.25) is 0 Å². The molecule has 0 aliphatic rings. The number of hydrogen-bond donors (Lipinski definition) is 2. The van der Waals surface area contributed by atoms with Crippen LogP contribution in [-0.2, 0) is 9.59 Å². The lowest BCUT2D eigenvalue weighted by Crippen LogP contribution is -2.47. The second-order valence-electron chi connectivity index (χ2n) is 3.02. The number of nitrogens with zero attached hydrogens (tertiary/aromatic N) is 1. The normalized spacial score (nSPS) is 11.6. The van der Waals surface area contributed by atoms with Gasteiger partial charge in [0.2, 0.25) is 5.91 Å². The first kappa shape index (κ1) is 11.4. The smallest absolute Gasteiger partial charge is 0.255 e. The van der Waals surface area contributed by atoms with Crippen molar-refractivity contribution in [3.8, 4) is 6.19 Å². The minimum atomic E-state index is -0.642. The molecule has 0 rings (SSSR count). The van der Waals surface area contributed by atoms with Crippen LogP contribution in [0.5, 0.6) is 0 Å². The lowest BCUT2D eigenvalue weighted by atomic mass is 10.0. The maximum absolute atomic E-state index is 11.2. The number of carbonyl (C=O) groups is 2. The van der Waals surface area contributed by atoms with Gasteiger partial charge in [-0.25, -0.2) is 0 Å². The van der Waals surface area contributed by atoms with E-state index < -0.39 is 11.9 Å². The summed E-state index contributed by atoms with van der Waals surface area (Å²) >= 11 is 0. The summed E-state index contributed by atoms with van der Waals surface area (Å²) in [7, 11) is 0. The molecule has 2 N–H and O–H groups in total. The largest absolute Gasteiger partial charge is 0.344 e. The van der Waals surface area contributed by atoms with Crippen molar-refractivity contribution in [1.82, 2.24) is 10.6 Å². The Morgan fingerprint density at radius 3 is 2.23 bits per heavy atom. The molecular formula is C8H13N3O2. The minimum absolute atomic E-state index is 0.0442. The highest BCUT2D eigenvalue weighted by Gasteiger charge is 2.22. The van der Waals surface area contributed by atoms with Crippen molar-refractivity contribution in [2.75, 3.05) is 0 Å². The van der Waals surface area contributed by atoms with E-state index in [1.54, 1.807) is 13.8 Å². The van der Waals surface area contributed by atoms with E-state index in [0.29, 0.717) is 0 Å². The number of hydrogen-bond acceptors (Lipinski definition) is 3. The summed E-state index contributed by atoms with van der Waals surface area (Å²) in [6.07, 6.45) is 1.53. The van der Waals surface area contributed by atoms with E-state index >= 15 is 0 Å². The van der Waals surface area contributed by atoms with Crippen LogP contribution in [-0.4, -0.2) is 17.9 Å². The monoisotopic (exact) mass is 183 g/mol. The molecule has 0 spiro atoms. The van der Waals surface area contributed by atoms with E-state index in [-0.39, 0.29) is 11.8 Å². The van der Waals surface area contributed by atoms with Gasteiger partial charge in [0.15, 0.2) is 6.19 Å². The minimum Gasteiger partial charge on any atom is -0.344 e. The Kier molecular flexibility index (Phi) is 4.52. The van der Waals surface area contributed by atoms with Crippen molar-refractivity contribution in [3.63, 3.8) is 0 Å². The highest BCUT2D eigenvalue weighted by atomic mass is 16.2. The van der Waals surface area contributed by atoms with E-state index in [9.17, 15) is 9.59 Å². The standard InChI is InChI=1S/C8H13N3O2/c1-5(2)7(11-6(3)12)8(13)10-4-9/h5,7H,1-3H3,(H,10,13)(H,11,12). The number of nitriles is 1. The molecule has 0 bridgehead atoms. The molecule has 2 amide bonds. The molecule has 0 aromatic heterocycles. The Balaban J connectivity index is 4.34. The van der Waals surface area contributed by atoms with E-state index in [2.05, 4.69) is 5.32 Å². The van der Waals surface area contributed by atoms with Gasteiger partial charge in [-0.2, -0.15) is 5.26 Å². The summed E-state index contributed by atoms with van der Waals surface area (Å²) in [5.41, 5.74) is 0. The Bertz CT molecular complexity index is 242. The lowest BCUT2D eigenvalue weighted by Gasteiger charge is -2.18. The Morgan fingerprint density at radius 1 is 1.38 bits per heavy atom. The van der Waals surface area contributed by atoms with Crippen LogP contribution in [0.15, 0.2) is 0 Å². The summed E-state index contributed by atoms with van der Waals surface area (Å²) < 4.78 is 0. The van der Waals surface area contributed by atoms with E-state index in [1.165, 1.54) is 13.1 Å². The van der Waals surface area contributed by atoms with Gasteiger partial charge >= 0.3 is 0 Å². The topological polar surface area (TPSA) is 82.0 Å². The van der Waals surface area contributed by atoms with Crippen molar-refractivity contribution in [2.45, 2.75) is 26.8 Å². The molecule has 72 valence electrons. The predicted octanol–water partition coefficient (Wildman–Crippen LogP) is -0.256. The Morgan fingerprint density at radius 2 is 1.92 bits per heavy atom. The molecule has 0 heterocycles. The Labute approximate surface area is 77.1 Å². The van der Waals surface area contributed by atoms with Gasteiger partial charge in [0, 0.05) is 6.92 Å². The van der Waals surface area contributed by atoms with E-state index in [0.717, 1.165) is 0 Å². The predicted molar refractivity (Wildman–Crippen MR) is 46.2 cm³/mol. The van der Waals surface area contributed by atoms with Gasteiger partial charge < -0.3 is 5.32 Å². The third kappa shape index (κ3) is 4.11. The zero-order valence-corrected chi connectivity index (χ0v) is 7.92. The molecule has 5 nitrogen and oxygen atoms in total. The van der Waals surface area contributed by atoms with Crippen LogP contribution < -0.4 is 10.6 Å². The van der Waals surface area contributed by atoms with Gasteiger partial charge in [-0.1, -0.05) is 13.8 Å². The van der Waals surface area contributed by atoms with Crippen molar-refractivity contribution >= 4 is 11.8 Å². The maximum atomic E-state index is 11.2. The molecule has 0 aliphatic carbocycles. The fraction of sp³-hybridized carbons (Fsp3) is 0.625. The number of amides is 2. The summed E-state index contributed by atoms with van der Waals surface area (Å²) in [5, 5.41) is 12.7. The van der Waals surface area contributed by atoms with Gasteiger partial charge in [-0.15, -0.1) is 0 Å². The third-order valence-electron chi connectivity index (χ3n) is 1.49. The quantitative estimate of drug-likeness (QED) is 0.467. The average molecular weight is 183 g/mol. The SMILES string of the molecule is CC(=O)NC(C(=O)NC#N)C(C)C. The summed E-state index contributed by atoms with van der Waals surface area (Å²) in [4.78, 5) is 21.9. The molecule has 13 heavy (non-hydrogen) atoms.